The maximum atomic E-state index is 12.9. The van der Waals surface area contributed by atoms with E-state index in [4.69, 9.17) is 0 Å². The summed E-state index contributed by atoms with van der Waals surface area (Å²) in [6, 6.07) is 6.14. The lowest BCUT2D eigenvalue weighted by Crippen LogP contribution is -2.43. The molecule has 1 aliphatic carbocycles. The van der Waals surface area contributed by atoms with Crippen molar-refractivity contribution in [3.8, 4) is 0 Å². The van der Waals surface area contributed by atoms with Crippen LogP contribution in [0.1, 0.15) is 29.5 Å². The van der Waals surface area contributed by atoms with Crippen LogP contribution in [-0.4, -0.2) is 33.4 Å². The van der Waals surface area contributed by atoms with Gasteiger partial charge in [0.05, 0.1) is 16.8 Å². The summed E-state index contributed by atoms with van der Waals surface area (Å²) in [5.74, 6) is -0.0139. The van der Waals surface area contributed by atoms with Crippen LogP contribution in [0.5, 0.6) is 0 Å². The molecule has 8 heteroatoms. The molecule has 1 aromatic carbocycles. The molecular formula is C20H22N4O3S. The number of amides is 2. The lowest BCUT2D eigenvalue weighted by atomic mass is 10.1. The quantitative estimate of drug-likeness (QED) is 0.830. The Morgan fingerprint density at radius 1 is 1.25 bits per heavy atom. The second-order valence-electron chi connectivity index (χ2n) is 7.30. The first kappa shape index (κ1) is 18.7. The second-order valence-corrected chi connectivity index (χ2v) is 8.32. The molecule has 0 saturated heterocycles. The van der Waals surface area contributed by atoms with Gasteiger partial charge in [-0.1, -0.05) is 18.2 Å². The highest BCUT2D eigenvalue weighted by Crippen LogP contribution is 2.38. The number of aryl methyl sites for hydroxylation is 2. The van der Waals surface area contributed by atoms with Crippen LogP contribution in [0.4, 0.5) is 5.69 Å². The number of thioether (sulfide) groups is 1. The smallest absolute Gasteiger partial charge is 0.292 e. The fourth-order valence-corrected chi connectivity index (χ4v) is 4.12. The SMILES string of the molecule is Cc1ccc(CNC(=O)Cn2ncc3c(c2=O)N(C2CC2)C(=O)CS3)cc1C. The lowest BCUT2D eigenvalue weighted by molar-refractivity contribution is -0.122. The van der Waals surface area contributed by atoms with Crippen LogP contribution in [-0.2, 0) is 22.7 Å². The van der Waals surface area contributed by atoms with Gasteiger partial charge in [0.25, 0.3) is 5.56 Å². The van der Waals surface area contributed by atoms with E-state index in [1.165, 1.54) is 22.9 Å². The molecule has 146 valence electrons. The zero-order valence-electron chi connectivity index (χ0n) is 15.9. The average molecular weight is 398 g/mol. The fraction of sp³-hybridized carbons (Fsp3) is 0.400. The number of anilines is 1. The molecule has 1 aliphatic heterocycles. The van der Waals surface area contributed by atoms with Gasteiger partial charge in [0, 0.05) is 12.6 Å². The maximum Gasteiger partial charge on any atom is 0.292 e. The van der Waals surface area contributed by atoms with Gasteiger partial charge in [0.1, 0.15) is 12.2 Å². The predicted molar refractivity (Wildman–Crippen MR) is 107 cm³/mol. The Kier molecular flexibility index (Phi) is 4.97. The van der Waals surface area contributed by atoms with Crippen LogP contribution < -0.4 is 15.8 Å². The molecule has 2 heterocycles. The fourth-order valence-electron chi connectivity index (χ4n) is 3.26. The first-order valence-electron chi connectivity index (χ1n) is 9.32. The van der Waals surface area contributed by atoms with Gasteiger partial charge < -0.3 is 10.2 Å². The Balaban J connectivity index is 1.49. The largest absolute Gasteiger partial charge is 0.350 e. The van der Waals surface area contributed by atoms with Crippen LogP contribution in [0.2, 0.25) is 0 Å². The molecule has 4 rings (SSSR count). The Morgan fingerprint density at radius 2 is 2.04 bits per heavy atom. The number of aromatic nitrogens is 2. The zero-order chi connectivity index (χ0) is 19.8. The first-order valence-corrected chi connectivity index (χ1v) is 10.3. The second kappa shape index (κ2) is 7.43. The molecule has 0 atom stereocenters. The van der Waals surface area contributed by atoms with Gasteiger partial charge in [-0.15, -0.1) is 11.8 Å². The first-order chi connectivity index (χ1) is 13.4. The van der Waals surface area contributed by atoms with Gasteiger partial charge >= 0.3 is 0 Å². The molecule has 0 bridgehead atoms. The van der Waals surface area contributed by atoms with Crippen molar-refractivity contribution in [3.05, 3.63) is 51.4 Å². The summed E-state index contributed by atoms with van der Waals surface area (Å²) in [6.45, 7) is 4.29. The highest BCUT2D eigenvalue weighted by Gasteiger charge is 2.39. The summed E-state index contributed by atoms with van der Waals surface area (Å²) in [6.07, 6.45) is 3.40. The highest BCUT2D eigenvalue weighted by molar-refractivity contribution is 8.00. The molecule has 0 spiro atoms. The molecule has 2 aromatic rings. The molecule has 2 amide bonds. The van der Waals surface area contributed by atoms with Gasteiger partial charge in [0.15, 0.2) is 0 Å². The van der Waals surface area contributed by atoms with Crippen molar-refractivity contribution in [1.82, 2.24) is 15.1 Å². The van der Waals surface area contributed by atoms with E-state index in [0.717, 1.165) is 23.1 Å². The lowest BCUT2D eigenvalue weighted by Gasteiger charge is -2.28. The molecule has 1 aromatic heterocycles. The van der Waals surface area contributed by atoms with E-state index in [0.29, 0.717) is 22.9 Å². The summed E-state index contributed by atoms with van der Waals surface area (Å²) in [5.41, 5.74) is 3.37. The third-order valence-electron chi connectivity index (χ3n) is 5.11. The van der Waals surface area contributed by atoms with Crippen molar-refractivity contribution in [2.24, 2.45) is 0 Å². The van der Waals surface area contributed by atoms with Crippen LogP contribution in [0.15, 0.2) is 34.1 Å². The summed E-state index contributed by atoms with van der Waals surface area (Å²) in [5, 5.41) is 6.97. The minimum atomic E-state index is -0.383. The third kappa shape index (κ3) is 3.69. The van der Waals surface area contributed by atoms with Crippen LogP contribution in [0, 0.1) is 13.8 Å². The molecule has 1 saturated carbocycles. The van der Waals surface area contributed by atoms with Crippen LogP contribution in [0.25, 0.3) is 0 Å². The Labute approximate surface area is 167 Å². The van der Waals surface area contributed by atoms with Crippen molar-refractivity contribution in [2.45, 2.75) is 50.7 Å². The molecule has 7 nitrogen and oxygen atoms in total. The third-order valence-corrected chi connectivity index (χ3v) is 6.11. The summed E-state index contributed by atoms with van der Waals surface area (Å²) in [4.78, 5) is 39.9. The molecule has 28 heavy (non-hydrogen) atoms. The van der Waals surface area contributed by atoms with E-state index < -0.39 is 0 Å². The number of nitrogens with one attached hydrogen (secondary N) is 1. The van der Waals surface area contributed by atoms with Crippen LogP contribution >= 0.6 is 11.8 Å². The van der Waals surface area contributed by atoms with Gasteiger partial charge in [-0.05, 0) is 43.4 Å². The summed E-state index contributed by atoms with van der Waals surface area (Å²) in [7, 11) is 0. The summed E-state index contributed by atoms with van der Waals surface area (Å²) >= 11 is 1.33. The molecule has 1 fully saturated rings. The van der Waals surface area contributed by atoms with Gasteiger partial charge in [-0.3, -0.25) is 14.4 Å². The normalized spacial score (nSPS) is 16.1. The van der Waals surface area contributed by atoms with E-state index in [2.05, 4.69) is 10.4 Å². The standard InChI is InChI=1S/C20H22N4O3S/c1-12-3-4-14(7-13(12)2)8-21-17(25)10-23-20(27)19-16(9-22-23)28-11-18(26)24(19)15-5-6-15/h3-4,7,9,15H,5-6,8,10-11H2,1-2H3,(H,21,25). The van der Waals surface area contributed by atoms with E-state index in [1.54, 1.807) is 11.1 Å². The predicted octanol–water partition coefficient (Wildman–Crippen LogP) is 1.78. The Bertz CT molecular complexity index is 1010. The molecule has 2 aliphatic rings. The maximum absolute atomic E-state index is 12.9. The Hall–Kier alpha value is -2.61. The van der Waals surface area contributed by atoms with Crippen molar-refractivity contribution < 1.29 is 9.59 Å². The summed E-state index contributed by atoms with van der Waals surface area (Å²) < 4.78 is 1.14. The number of hydrogen-bond donors (Lipinski definition) is 1. The highest BCUT2D eigenvalue weighted by atomic mass is 32.2. The van der Waals surface area contributed by atoms with Gasteiger partial charge in [0.2, 0.25) is 11.8 Å². The Morgan fingerprint density at radius 3 is 2.75 bits per heavy atom. The van der Waals surface area contributed by atoms with E-state index in [1.807, 2.05) is 32.0 Å². The zero-order valence-corrected chi connectivity index (χ0v) is 16.7. The van der Waals surface area contributed by atoms with E-state index in [-0.39, 0.29) is 30.0 Å². The minimum absolute atomic E-state index is 0.0472. The van der Waals surface area contributed by atoms with Crippen molar-refractivity contribution in [2.75, 3.05) is 10.7 Å². The molecule has 0 unspecified atom stereocenters. The number of nitrogens with zero attached hydrogens (tertiary/aromatic N) is 3. The topological polar surface area (TPSA) is 84.3 Å². The number of carbonyl (C=O) groups is 2. The van der Waals surface area contributed by atoms with Crippen molar-refractivity contribution in [1.29, 1.82) is 0 Å². The van der Waals surface area contributed by atoms with Crippen molar-refractivity contribution >= 4 is 29.3 Å². The minimum Gasteiger partial charge on any atom is -0.350 e. The number of hydrogen-bond acceptors (Lipinski definition) is 5. The molecular weight excluding hydrogens is 376 g/mol. The van der Waals surface area contributed by atoms with Gasteiger partial charge in [-0.25, -0.2) is 4.68 Å². The van der Waals surface area contributed by atoms with Crippen LogP contribution in [0.3, 0.4) is 0 Å². The number of benzene rings is 1. The van der Waals surface area contributed by atoms with Gasteiger partial charge in [-0.2, -0.15) is 5.10 Å². The average Bonchev–Trinajstić information content (AvgIpc) is 3.50. The molecule has 1 N–H and O–H groups in total. The monoisotopic (exact) mass is 398 g/mol. The number of fused-ring (bicyclic) bond motifs is 1. The number of carbonyl (C=O) groups excluding carboxylic acids is 2. The molecule has 0 radical (unpaired) electrons. The number of rotatable bonds is 5. The van der Waals surface area contributed by atoms with E-state index in [9.17, 15) is 14.4 Å². The van der Waals surface area contributed by atoms with Crippen molar-refractivity contribution in [3.63, 3.8) is 0 Å². The van der Waals surface area contributed by atoms with E-state index >= 15 is 0 Å².